The van der Waals surface area contributed by atoms with E-state index < -0.39 is 33.1 Å². The molecule has 2 aliphatic rings. The van der Waals surface area contributed by atoms with Gasteiger partial charge in [-0.15, -0.1) is 0 Å². The van der Waals surface area contributed by atoms with Crippen molar-refractivity contribution in [2.75, 3.05) is 6.26 Å². The number of allylic oxidation sites excluding steroid dienone is 2. The van der Waals surface area contributed by atoms with E-state index in [1.807, 2.05) is 0 Å². The van der Waals surface area contributed by atoms with Gasteiger partial charge in [-0.2, -0.15) is 0 Å². The molecule has 0 aromatic heterocycles. The molecule has 0 bridgehead atoms. The predicted octanol–water partition coefficient (Wildman–Crippen LogP) is 3.35. The van der Waals surface area contributed by atoms with Gasteiger partial charge < -0.3 is 10.2 Å². The zero-order valence-electron chi connectivity index (χ0n) is 14.8. The summed E-state index contributed by atoms with van der Waals surface area (Å²) < 4.78 is 24.9. The second-order valence-electron chi connectivity index (χ2n) is 7.24. The van der Waals surface area contributed by atoms with Gasteiger partial charge in [0.25, 0.3) is 0 Å². The number of rotatable bonds is 5. The maximum absolute atomic E-state index is 12.3. The lowest BCUT2D eigenvalue weighted by Crippen LogP contribution is -2.39. The van der Waals surface area contributed by atoms with Gasteiger partial charge >= 0.3 is 11.9 Å². The first-order valence-electron chi connectivity index (χ1n) is 8.37. The summed E-state index contributed by atoms with van der Waals surface area (Å²) in [5.74, 6) is -3.50. The summed E-state index contributed by atoms with van der Waals surface area (Å²) in [5, 5.41) is 19.9. The summed E-state index contributed by atoms with van der Waals surface area (Å²) in [5.41, 5.74) is -0.875. The molecule has 0 heterocycles. The Bertz CT molecular complexity index is 1000. The third-order valence-electron chi connectivity index (χ3n) is 5.17. The van der Waals surface area contributed by atoms with E-state index in [9.17, 15) is 28.2 Å². The van der Waals surface area contributed by atoms with Gasteiger partial charge in [0.2, 0.25) is 0 Å². The highest BCUT2D eigenvalue weighted by Crippen LogP contribution is 2.55. The fraction of sp³-hybridized carbons (Fsp3) is 0.368. The average Bonchev–Trinajstić information content (AvgIpc) is 3.40. The number of hydrogen-bond donors (Lipinski definition) is 2. The maximum Gasteiger partial charge on any atom is 0.333 e. The Labute approximate surface area is 165 Å². The Morgan fingerprint density at radius 1 is 1.19 bits per heavy atom. The topological polar surface area (TPSA) is 109 Å². The molecule has 0 aliphatic heterocycles. The number of halogens is 1. The van der Waals surface area contributed by atoms with Crippen LogP contribution in [0.1, 0.15) is 31.2 Å². The fourth-order valence-electron chi connectivity index (χ4n) is 3.68. The van der Waals surface area contributed by atoms with E-state index in [0.29, 0.717) is 10.1 Å². The molecule has 1 aromatic carbocycles. The molecule has 2 unspecified atom stereocenters. The molecule has 2 atom stereocenters. The molecular weight excluding hydrogens is 436 g/mol. The van der Waals surface area contributed by atoms with Gasteiger partial charge in [0.15, 0.2) is 9.84 Å². The van der Waals surface area contributed by atoms with Crippen molar-refractivity contribution in [2.24, 2.45) is 11.3 Å². The molecule has 144 valence electrons. The van der Waals surface area contributed by atoms with E-state index in [-0.39, 0.29) is 21.9 Å². The first-order chi connectivity index (χ1) is 12.5. The summed E-state index contributed by atoms with van der Waals surface area (Å²) >= 11 is 3.36. The van der Waals surface area contributed by atoms with Crippen molar-refractivity contribution in [1.29, 1.82) is 0 Å². The third kappa shape index (κ3) is 3.36. The van der Waals surface area contributed by atoms with Gasteiger partial charge in [-0.25, -0.2) is 13.2 Å². The van der Waals surface area contributed by atoms with Crippen LogP contribution in [0.25, 0.3) is 0 Å². The molecule has 0 spiro atoms. The standard InChI is InChI=1S/C19H19BrO6S/c1-19(18(23)24)9-12(10-7-8-10)16(20)14(17(21)22)15(19)11-5-3-4-6-13(11)27(2,25)26/h3-6,9-10,15H,7-8H2,1-2H3,(H,21,22)(H,23,24). The molecule has 3 rings (SSSR count). The van der Waals surface area contributed by atoms with E-state index in [2.05, 4.69) is 15.9 Å². The van der Waals surface area contributed by atoms with Crippen molar-refractivity contribution in [3.63, 3.8) is 0 Å². The number of carboxylic acid groups (broad SMARTS) is 2. The molecule has 27 heavy (non-hydrogen) atoms. The van der Waals surface area contributed by atoms with Gasteiger partial charge in [0, 0.05) is 16.7 Å². The van der Waals surface area contributed by atoms with Crippen LogP contribution >= 0.6 is 15.9 Å². The minimum atomic E-state index is -3.69. The Hall–Kier alpha value is -1.93. The van der Waals surface area contributed by atoms with Crippen LogP contribution in [0.2, 0.25) is 0 Å². The van der Waals surface area contributed by atoms with Crippen LogP contribution in [-0.2, 0) is 19.4 Å². The van der Waals surface area contributed by atoms with Crippen molar-refractivity contribution < 1.29 is 28.2 Å². The van der Waals surface area contributed by atoms with Crippen molar-refractivity contribution in [3.05, 3.63) is 51.5 Å². The quantitative estimate of drug-likeness (QED) is 0.705. The Morgan fingerprint density at radius 3 is 2.26 bits per heavy atom. The van der Waals surface area contributed by atoms with Crippen LogP contribution in [0.4, 0.5) is 0 Å². The summed E-state index contributed by atoms with van der Waals surface area (Å²) in [4.78, 5) is 24.3. The highest BCUT2D eigenvalue weighted by molar-refractivity contribution is 9.12. The van der Waals surface area contributed by atoms with E-state index in [0.717, 1.165) is 19.1 Å². The molecule has 0 amide bonds. The van der Waals surface area contributed by atoms with Gasteiger partial charge in [0.1, 0.15) is 0 Å². The summed E-state index contributed by atoms with van der Waals surface area (Å²) in [6, 6.07) is 5.98. The molecule has 0 radical (unpaired) electrons. The van der Waals surface area contributed by atoms with Crippen molar-refractivity contribution >= 4 is 37.7 Å². The molecule has 2 N–H and O–H groups in total. The summed E-state index contributed by atoms with van der Waals surface area (Å²) in [7, 11) is -3.69. The first kappa shape index (κ1) is 19.8. The molecular formula is C19H19BrO6S. The van der Waals surface area contributed by atoms with E-state index in [1.165, 1.54) is 25.1 Å². The van der Waals surface area contributed by atoms with Gasteiger partial charge in [-0.05, 0) is 58.8 Å². The molecule has 1 aromatic rings. The van der Waals surface area contributed by atoms with Crippen LogP contribution in [0.5, 0.6) is 0 Å². The molecule has 2 aliphatic carbocycles. The van der Waals surface area contributed by atoms with Crippen LogP contribution in [0, 0.1) is 11.3 Å². The Kier molecular flexibility index (Phi) is 4.84. The fourth-order valence-corrected chi connectivity index (χ4v) is 5.46. The first-order valence-corrected chi connectivity index (χ1v) is 11.1. The largest absolute Gasteiger partial charge is 0.481 e. The molecule has 8 heteroatoms. The van der Waals surface area contributed by atoms with Gasteiger partial charge in [-0.1, -0.05) is 24.3 Å². The Balaban J connectivity index is 2.36. The lowest BCUT2D eigenvalue weighted by Gasteiger charge is -2.38. The number of carbonyl (C=O) groups is 2. The molecule has 0 saturated heterocycles. The SMILES string of the molecule is CC1(C(=O)O)C=C(C2CC2)C(Br)=C(C(=O)O)C1c1ccccc1S(C)(=O)=O. The Morgan fingerprint density at radius 2 is 1.78 bits per heavy atom. The number of carboxylic acids is 2. The molecule has 1 fully saturated rings. The zero-order valence-corrected chi connectivity index (χ0v) is 17.2. The van der Waals surface area contributed by atoms with Crippen LogP contribution in [0.3, 0.4) is 0 Å². The normalized spacial score (nSPS) is 25.9. The average molecular weight is 455 g/mol. The van der Waals surface area contributed by atoms with Gasteiger partial charge in [0.05, 0.1) is 15.9 Å². The van der Waals surface area contributed by atoms with Crippen LogP contribution in [-0.4, -0.2) is 36.8 Å². The minimum absolute atomic E-state index is 0.0650. The van der Waals surface area contributed by atoms with E-state index in [4.69, 9.17) is 0 Å². The predicted molar refractivity (Wildman–Crippen MR) is 102 cm³/mol. The summed E-state index contributed by atoms with van der Waals surface area (Å²) in [6.07, 6.45) is 4.35. The lowest BCUT2D eigenvalue weighted by molar-refractivity contribution is -0.146. The maximum atomic E-state index is 12.3. The highest BCUT2D eigenvalue weighted by Gasteiger charge is 2.51. The second-order valence-corrected chi connectivity index (χ2v) is 10.0. The zero-order chi connectivity index (χ0) is 20.1. The third-order valence-corrected chi connectivity index (χ3v) is 7.23. The number of benzene rings is 1. The van der Waals surface area contributed by atoms with Crippen molar-refractivity contribution in [3.8, 4) is 0 Å². The van der Waals surface area contributed by atoms with Crippen LogP contribution in [0.15, 0.2) is 50.9 Å². The summed E-state index contributed by atoms with van der Waals surface area (Å²) in [6.45, 7) is 1.45. The molecule has 1 saturated carbocycles. The number of hydrogen-bond acceptors (Lipinski definition) is 4. The second kappa shape index (κ2) is 6.60. The van der Waals surface area contributed by atoms with Crippen molar-refractivity contribution in [2.45, 2.75) is 30.6 Å². The van der Waals surface area contributed by atoms with E-state index in [1.54, 1.807) is 12.1 Å². The minimum Gasteiger partial charge on any atom is -0.481 e. The van der Waals surface area contributed by atoms with Crippen LogP contribution < -0.4 is 0 Å². The number of aliphatic carboxylic acids is 2. The van der Waals surface area contributed by atoms with Gasteiger partial charge in [-0.3, -0.25) is 4.79 Å². The smallest absolute Gasteiger partial charge is 0.333 e. The lowest BCUT2D eigenvalue weighted by atomic mass is 9.65. The highest BCUT2D eigenvalue weighted by atomic mass is 79.9. The molecule has 6 nitrogen and oxygen atoms in total. The monoisotopic (exact) mass is 454 g/mol. The van der Waals surface area contributed by atoms with E-state index >= 15 is 0 Å². The number of sulfone groups is 1. The van der Waals surface area contributed by atoms with Crippen molar-refractivity contribution in [1.82, 2.24) is 0 Å².